The Morgan fingerprint density at radius 2 is 1.00 bits per heavy atom. The lowest BCUT2D eigenvalue weighted by Crippen LogP contribution is -2.15. The summed E-state index contributed by atoms with van der Waals surface area (Å²) in [5, 5.41) is 17.6. The number of carbonyl (C=O) groups is 2. The lowest BCUT2D eigenvalue weighted by Gasteiger charge is -2.11. The van der Waals surface area contributed by atoms with Crippen LogP contribution >= 0.6 is 0 Å². The summed E-state index contributed by atoms with van der Waals surface area (Å²) in [5.74, 6) is -0.941. The van der Waals surface area contributed by atoms with E-state index in [1.165, 1.54) is 57.8 Å². The summed E-state index contributed by atoms with van der Waals surface area (Å²) in [7, 11) is 0. The zero-order valence-electron chi connectivity index (χ0n) is 20.4. The number of aliphatic hydroxyl groups excluding tert-OH is 1. The van der Waals surface area contributed by atoms with Crippen LogP contribution in [0.1, 0.15) is 129 Å². The normalized spacial score (nSPS) is 13.1. The first kappa shape index (κ1) is 29.9. The molecule has 184 valence electrons. The lowest BCUT2D eigenvalue weighted by molar-refractivity contribution is -0.148. The molecule has 0 spiro atoms. The van der Waals surface area contributed by atoms with Crippen LogP contribution in [0.5, 0.6) is 0 Å². The monoisotopic (exact) mass is 442 g/mol. The fourth-order valence-electron chi connectivity index (χ4n) is 3.79. The Morgan fingerprint density at radius 1 is 0.613 bits per heavy atom. The van der Waals surface area contributed by atoms with Gasteiger partial charge >= 0.3 is 11.9 Å². The molecule has 31 heavy (non-hydrogen) atoms. The van der Waals surface area contributed by atoms with Crippen molar-refractivity contribution < 1.29 is 24.5 Å². The van der Waals surface area contributed by atoms with Gasteiger partial charge in [-0.3, -0.25) is 9.59 Å². The van der Waals surface area contributed by atoms with Crippen molar-refractivity contribution in [3.05, 3.63) is 0 Å². The molecular weight excluding hydrogens is 392 g/mol. The van der Waals surface area contributed by atoms with Gasteiger partial charge in [-0.05, 0) is 25.7 Å². The van der Waals surface area contributed by atoms with Gasteiger partial charge in [-0.25, -0.2) is 0 Å². The average molecular weight is 443 g/mol. The zero-order chi connectivity index (χ0) is 23.2. The minimum atomic E-state index is -0.688. The highest BCUT2D eigenvalue weighted by molar-refractivity contribution is 5.71. The molecule has 0 aliphatic rings. The molecule has 0 radical (unpaired) electrons. The third-order valence-electron chi connectivity index (χ3n) is 6.14. The predicted octanol–water partition coefficient (Wildman–Crippen LogP) is 6.90. The van der Waals surface area contributed by atoms with Crippen molar-refractivity contribution in [3.63, 3.8) is 0 Å². The molecule has 0 saturated carbocycles. The van der Waals surface area contributed by atoms with Gasteiger partial charge in [-0.15, -0.1) is 0 Å². The van der Waals surface area contributed by atoms with Crippen molar-refractivity contribution in [1.82, 2.24) is 0 Å². The fourth-order valence-corrected chi connectivity index (χ4v) is 3.79. The highest BCUT2D eigenvalue weighted by atomic mass is 16.5. The Kier molecular flexibility index (Phi) is 21.3. The highest BCUT2D eigenvalue weighted by Gasteiger charge is 2.13. The molecule has 0 fully saturated rings. The van der Waals surface area contributed by atoms with Crippen LogP contribution in [-0.4, -0.2) is 35.4 Å². The van der Waals surface area contributed by atoms with Crippen LogP contribution in [0.15, 0.2) is 0 Å². The molecule has 5 heteroatoms. The Hall–Kier alpha value is -1.10. The van der Waals surface area contributed by atoms with Crippen molar-refractivity contribution in [2.75, 3.05) is 13.2 Å². The molecular formula is C26H50O5. The molecule has 2 N–H and O–H groups in total. The maximum Gasteiger partial charge on any atom is 0.308 e. The van der Waals surface area contributed by atoms with E-state index >= 15 is 0 Å². The molecule has 0 rings (SSSR count). The fraction of sp³-hybridized carbons (Fsp3) is 0.923. The molecule has 0 amide bonds. The second kappa shape index (κ2) is 22.1. The van der Waals surface area contributed by atoms with Crippen LogP contribution in [0, 0.1) is 11.8 Å². The molecule has 0 aromatic heterocycles. The molecule has 0 aromatic carbocycles. The number of aliphatic carboxylic acids is 1. The summed E-state index contributed by atoms with van der Waals surface area (Å²) in [5.41, 5.74) is 0. The summed E-state index contributed by atoms with van der Waals surface area (Å²) < 4.78 is 5.43. The van der Waals surface area contributed by atoms with E-state index in [0.717, 1.165) is 57.8 Å². The summed E-state index contributed by atoms with van der Waals surface area (Å²) in [4.78, 5) is 22.8. The first-order valence-electron chi connectivity index (χ1n) is 13.0. The Bertz CT molecular complexity index is 424. The number of hydrogen-bond acceptors (Lipinski definition) is 4. The Morgan fingerprint density at radius 3 is 1.45 bits per heavy atom. The van der Waals surface area contributed by atoms with Crippen molar-refractivity contribution in [3.8, 4) is 0 Å². The molecule has 0 bridgehead atoms. The third kappa shape index (κ3) is 20.6. The van der Waals surface area contributed by atoms with E-state index in [-0.39, 0.29) is 17.8 Å². The van der Waals surface area contributed by atoms with E-state index in [1.807, 2.05) is 6.92 Å². The quantitative estimate of drug-likeness (QED) is 0.133. The number of aliphatic hydroxyl groups is 1. The number of hydrogen-bond donors (Lipinski definition) is 2. The SMILES string of the molecule is CC(CCCCCCCCCCOC(=O)C(C)CCCCCCCCCCO)C(=O)O. The minimum Gasteiger partial charge on any atom is -0.481 e. The summed E-state index contributed by atoms with van der Waals surface area (Å²) >= 11 is 0. The van der Waals surface area contributed by atoms with E-state index in [0.29, 0.717) is 13.2 Å². The molecule has 0 aromatic rings. The van der Waals surface area contributed by atoms with Crippen LogP contribution in [-0.2, 0) is 14.3 Å². The summed E-state index contributed by atoms with van der Waals surface area (Å²) in [6.07, 6.45) is 20.0. The van der Waals surface area contributed by atoms with Crippen molar-refractivity contribution in [2.45, 2.75) is 129 Å². The second-order valence-corrected chi connectivity index (χ2v) is 9.27. The first-order chi connectivity index (χ1) is 15.0. The van der Waals surface area contributed by atoms with Crippen molar-refractivity contribution >= 4 is 11.9 Å². The zero-order valence-corrected chi connectivity index (χ0v) is 20.4. The first-order valence-corrected chi connectivity index (χ1v) is 13.0. The van der Waals surface area contributed by atoms with Gasteiger partial charge in [0.2, 0.25) is 0 Å². The van der Waals surface area contributed by atoms with Crippen LogP contribution in [0.3, 0.4) is 0 Å². The van der Waals surface area contributed by atoms with Crippen LogP contribution < -0.4 is 0 Å². The molecule has 5 nitrogen and oxygen atoms in total. The van der Waals surface area contributed by atoms with Crippen LogP contribution in [0.2, 0.25) is 0 Å². The van der Waals surface area contributed by atoms with Crippen LogP contribution in [0.4, 0.5) is 0 Å². The lowest BCUT2D eigenvalue weighted by atomic mass is 10.0. The topological polar surface area (TPSA) is 83.8 Å². The van der Waals surface area contributed by atoms with Gasteiger partial charge in [-0.1, -0.05) is 104 Å². The molecule has 0 aliphatic carbocycles. The van der Waals surface area contributed by atoms with Gasteiger partial charge in [-0.2, -0.15) is 0 Å². The molecule has 0 heterocycles. The van der Waals surface area contributed by atoms with E-state index in [4.69, 9.17) is 14.9 Å². The van der Waals surface area contributed by atoms with Gasteiger partial charge in [0.05, 0.1) is 18.4 Å². The minimum absolute atomic E-state index is 0.00778. The van der Waals surface area contributed by atoms with E-state index in [2.05, 4.69) is 0 Å². The number of rotatable bonds is 23. The summed E-state index contributed by atoms with van der Waals surface area (Å²) in [6.45, 7) is 4.62. The molecule has 0 saturated heterocycles. The van der Waals surface area contributed by atoms with E-state index < -0.39 is 5.97 Å². The smallest absolute Gasteiger partial charge is 0.308 e. The number of carbonyl (C=O) groups excluding carboxylic acids is 1. The number of carboxylic acids is 1. The Labute approximate surface area is 191 Å². The van der Waals surface area contributed by atoms with E-state index in [1.54, 1.807) is 6.92 Å². The second-order valence-electron chi connectivity index (χ2n) is 9.27. The highest BCUT2D eigenvalue weighted by Crippen LogP contribution is 2.15. The Balaban J connectivity index is 3.36. The van der Waals surface area contributed by atoms with Gasteiger partial charge in [0, 0.05) is 6.61 Å². The van der Waals surface area contributed by atoms with Crippen molar-refractivity contribution in [1.29, 1.82) is 0 Å². The van der Waals surface area contributed by atoms with Gasteiger partial charge in [0.25, 0.3) is 0 Å². The number of ether oxygens (including phenoxy) is 1. The van der Waals surface area contributed by atoms with E-state index in [9.17, 15) is 9.59 Å². The number of esters is 1. The van der Waals surface area contributed by atoms with Crippen molar-refractivity contribution in [2.24, 2.45) is 11.8 Å². The third-order valence-corrected chi connectivity index (χ3v) is 6.14. The number of unbranched alkanes of at least 4 members (excludes halogenated alkanes) is 14. The summed E-state index contributed by atoms with van der Waals surface area (Å²) in [6, 6.07) is 0. The average Bonchev–Trinajstić information content (AvgIpc) is 2.75. The number of carboxylic acid groups (broad SMARTS) is 1. The predicted molar refractivity (Wildman–Crippen MR) is 127 cm³/mol. The molecule has 0 aliphatic heterocycles. The molecule has 2 unspecified atom stereocenters. The van der Waals surface area contributed by atoms with Crippen LogP contribution in [0.25, 0.3) is 0 Å². The van der Waals surface area contributed by atoms with Gasteiger partial charge in [0.1, 0.15) is 0 Å². The van der Waals surface area contributed by atoms with Gasteiger partial charge in [0.15, 0.2) is 0 Å². The molecule has 2 atom stereocenters. The maximum absolute atomic E-state index is 12.1. The van der Waals surface area contributed by atoms with Gasteiger partial charge < -0.3 is 14.9 Å². The maximum atomic E-state index is 12.1. The largest absolute Gasteiger partial charge is 0.481 e. The standard InChI is InChI=1S/C26H50O5/c1-23(25(28)29)19-15-11-7-4-6-10-14-18-22-31-26(30)24(2)20-16-12-8-3-5-9-13-17-21-27/h23-24,27H,3-22H2,1-2H3,(H,28,29).